The highest BCUT2D eigenvalue weighted by molar-refractivity contribution is 6.13. The van der Waals surface area contributed by atoms with Gasteiger partial charge in [0.2, 0.25) is 0 Å². The number of nitrogens with zero attached hydrogens (tertiary/aromatic N) is 1. The molecule has 0 spiro atoms. The van der Waals surface area contributed by atoms with Crippen molar-refractivity contribution >= 4 is 11.8 Å². The average Bonchev–Trinajstić information content (AvgIpc) is 2.11. The first kappa shape index (κ1) is 10.6. The zero-order chi connectivity index (χ0) is 9.84. The van der Waals surface area contributed by atoms with Crippen LogP contribution in [0.2, 0.25) is 0 Å². The summed E-state index contributed by atoms with van der Waals surface area (Å²) in [6, 6.07) is 0. The smallest absolute Gasteiger partial charge is 0.0389 e. The zero-order valence-electron chi connectivity index (χ0n) is 8.31. The molecule has 0 aromatic heterocycles. The van der Waals surface area contributed by atoms with Crippen molar-refractivity contribution in [3.63, 3.8) is 0 Å². The van der Waals surface area contributed by atoms with Gasteiger partial charge in [-0.1, -0.05) is 29.9 Å². The summed E-state index contributed by atoms with van der Waals surface area (Å²) in [5.74, 6) is 0. The Kier molecular flexibility index (Phi) is 3.76. The van der Waals surface area contributed by atoms with Gasteiger partial charge in [0, 0.05) is 13.1 Å². The molecule has 0 N–H and O–H groups in total. The van der Waals surface area contributed by atoms with Gasteiger partial charge < -0.3 is 0 Å². The van der Waals surface area contributed by atoms with E-state index >= 15 is 0 Å². The van der Waals surface area contributed by atoms with E-state index < -0.39 is 0 Å². The molecule has 0 fully saturated rings. The molecule has 1 heterocycles. The van der Waals surface area contributed by atoms with E-state index in [1.807, 2.05) is 10.5 Å². The maximum absolute atomic E-state index is 5.95. The Labute approximate surface area is 85.5 Å². The Morgan fingerprint density at radius 1 is 1.62 bits per heavy atom. The summed E-state index contributed by atoms with van der Waals surface area (Å²) in [5.41, 5.74) is 3.97. The molecule has 13 heavy (non-hydrogen) atoms. The van der Waals surface area contributed by atoms with E-state index in [1.54, 1.807) is 0 Å². The van der Waals surface area contributed by atoms with Gasteiger partial charge in [0.25, 0.3) is 0 Å². The average molecular weight is 198 g/mol. The standard InChI is InChI=1S/C11H16ClN/c1-4-9(2)7-11-8-13(12)6-5-10(11)3/h4,7H,1,5-6,8H2,2-3H3/b9-7-. The summed E-state index contributed by atoms with van der Waals surface area (Å²) in [6.07, 6.45) is 5.10. The number of rotatable bonds is 2. The van der Waals surface area contributed by atoms with E-state index in [9.17, 15) is 0 Å². The number of hydrogen-bond acceptors (Lipinski definition) is 1. The summed E-state index contributed by atoms with van der Waals surface area (Å²) < 4.78 is 1.83. The number of allylic oxidation sites excluding steroid dienone is 2. The Hall–Kier alpha value is -0.530. The van der Waals surface area contributed by atoms with Crippen LogP contribution < -0.4 is 0 Å². The summed E-state index contributed by atoms with van der Waals surface area (Å²) >= 11 is 5.95. The largest absolute Gasteiger partial charge is 0.215 e. The van der Waals surface area contributed by atoms with Crippen molar-refractivity contribution in [2.75, 3.05) is 13.1 Å². The summed E-state index contributed by atoms with van der Waals surface area (Å²) in [7, 11) is 0. The highest BCUT2D eigenvalue weighted by atomic mass is 35.5. The topological polar surface area (TPSA) is 3.24 Å². The minimum Gasteiger partial charge on any atom is -0.215 e. The van der Waals surface area contributed by atoms with Crippen LogP contribution in [-0.4, -0.2) is 17.5 Å². The van der Waals surface area contributed by atoms with Gasteiger partial charge in [-0.05, 0) is 37.6 Å². The van der Waals surface area contributed by atoms with Crippen molar-refractivity contribution in [1.29, 1.82) is 0 Å². The molecule has 1 rings (SSSR count). The van der Waals surface area contributed by atoms with Crippen LogP contribution in [0.3, 0.4) is 0 Å². The lowest BCUT2D eigenvalue weighted by molar-refractivity contribution is 0.472. The molecular weight excluding hydrogens is 182 g/mol. The summed E-state index contributed by atoms with van der Waals surface area (Å²) in [6.45, 7) is 9.76. The Bertz CT molecular complexity index is 263. The van der Waals surface area contributed by atoms with Crippen molar-refractivity contribution in [3.8, 4) is 0 Å². The summed E-state index contributed by atoms with van der Waals surface area (Å²) in [4.78, 5) is 0. The Balaban J connectivity index is 2.82. The fourth-order valence-electron chi connectivity index (χ4n) is 1.35. The van der Waals surface area contributed by atoms with Crippen molar-refractivity contribution in [1.82, 2.24) is 4.42 Å². The van der Waals surface area contributed by atoms with E-state index in [-0.39, 0.29) is 0 Å². The molecule has 0 atom stereocenters. The first-order chi connectivity index (χ1) is 6.13. The minimum absolute atomic E-state index is 0.846. The van der Waals surface area contributed by atoms with Gasteiger partial charge in [0.1, 0.15) is 0 Å². The normalized spacial score (nSPS) is 20.7. The van der Waals surface area contributed by atoms with Gasteiger partial charge in [0.15, 0.2) is 0 Å². The lowest BCUT2D eigenvalue weighted by Crippen LogP contribution is -2.22. The van der Waals surface area contributed by atoms with E-state index in [0.717, 1.165) is 19.5 Å². The fraction of sp³-hybridized carbons (Fsp3) is 0.455. The summed E-state index contributed by atoms with van der Waals surface area (Å²) in [5, 5.41) is 0. The second-order valence-electron chi connectivity index (χ2n) is 3.49. The molecule has 0 saturated carbocycles. The van der Waals surface area contributed by atoms with E-state index in [4.69, 9.17) is 11.8 Å². The van der Waals surface area contributed by atoms with Crippen molar-refractivity contribution in [2.45, 2.75) is 20.3 Å². The van der Waals surface area contributed by atoms with Gasteiger partial charge in [0.05, 0.1) is 0 Å². The quantitative estimate of drug-likeness (QED) is 0.485. The second-order valence-corrected chi connectivity index (χ2v) is 3.97. The van der Waals surface area contributed by atoms with E-state index in [0.29, 0.717) is 0 Å². The molecule has 0 radical (unpaired) electrons. The first-order valence-electron chi connectivity index (χ1n) is 4.53. The predicted octanol–water partition coefficient (Wildman–Crippen LogP) is 3.29. The zero-order valence-corrected chi connectivity index (χ0v) is 9.06. The fourth-order valence-corrected chi connectivity index (χ4v) is 1.56. The Morgan fingerprint density at radius 2 is 2.31 bits per heavy atom. The van der Waals surface area contributed by atoms with Crippen LogP contribution in [0, 0.1) is 0 Å². The first-order valence-corrected chi connectivity index (χ1v) is 4.87. The molecule has 1 aliphatic rings. The molecule has 1 nitrogen and oxygen atoms in total. The highest BCUT2D eigenvalue weighted by Crippen LogP contribution is 2.20. The molecule has 0 saturated heterocycles. The molecule has 2 heteroatoms. The van der Waals surface area contributed by atoms with Gasteiger partial charge in [-0.2, -0.15) is 0 Å². The third-order valence-corrected chi connectivity index (χ3v) is 2.63. The molecule has 0 amide bonds. The Morgan fingerprint density at radius 3 is 2.92 bits per heavy atom. The van der Waals surface area contributed by atoms with Gasteiger partial charge >= 0.3 is 0 Å². The lowest BCUT2D eigenvalue weighted by atomic mass is 10.0. The maximum atomic E-state index is 5.95. The van der Waals surface area contributed by atoms with Crippen molar-refractivity contribution in [2.24, 2.45) is 0 Å². The minimum atomic E-state index is 0.846. The second kappa shape index (κ2) is 4.64. The molecule has 0 aromatic rings. The van der Waals surface area contributed by atoms with Gasteiger partial charge in [-0.15, -0.1) is 0 Å². The molecule has 0 aliphatic carbocycles. The van der Waals surface area contributed by atoms with Crippen LogP contribution in [0.25, 0.3) is 0 Å². The third-order valence-electron chi connectivity index (χ3n) is 2.34. The molecule has 0 unspecified atom stereocenters. The van der Waals surface area contributed by atoms with Crippen LogP contribution in [0.15, 0.2) is 35.5 Å². The number of hydrogen-bond donors (Lipinski definition) is 0. The van der Waals surface area contributed by atoms with Crippen molar-refractivity contribution in [3.05, 3.63) is 35.5 Å². The van der Waals surface area contributed by atoms with Crippen LogP contribution in [-0.2, 0) is 0 Å². The maximum Gasteiger partial charge on any atom is 0.0389 e. The lowest BCUT2D eigenvalue weighted by Gasteiger charge is -2.22. The van der Waals surface area contributed by atoms with Gasteiger partial charge in [-0.25, -0.2) is 4.42 Å². The molecule has 72 valence electrons. The van der Waals surface area contributed by atoms with Gasteiger partial charge in [-0.3, -0.25) is 0 Å². The molecule has 0 aromatic carbocycles. The van der Waals surface area contributed by atoms with Crippen LogP contribution in [0.1, 0.15) is 20.3 Å². The predicted molar refractivity (Wildman–Crippen MR) is 58.7 cm³/mol. The van der Waals surface area contributed by atoms with Crippen LogP contribution in [0.5, 0.6) is 0 Å². The van der Waals surface area contributed by atoms with Crippen molar-refractivity contribution < 1.29 is 0 Å². The monoisotopic (exact) mass is 197 g/mol. The molecule has 1 aliphatic heterocycles. The third kappa shape index (κ3) is 3.02. The molecular formula is C11H16ClN. The van der Waals surface area contributed by atoms with E-state index in [1.165, 1.54) is 16.7 Å². The van der Waals surface area contributed by atoms with Crippen LogP contribution in [0.4, 0.5) is 0 Å². The highest BCUT2D eigenvalue weighted by Gasteiger charge is 2.12. The van der Waals surface area contributed by atoms with Crippen LogP contribution >= 0.6 is 11.8 Å². The molecule has 0 bridgehead atoms. The van der Waals surface area contributed by atoms with E-state index in [2.05, 4.69) is 26.5 Å². The number of halogens is 1. The SMILES string of the molecule is C=C/C(C)=C\C1=C(C)CCN(Cl)C1.